The van der Waals surface area contributed by atoms with Gasteiger partial charge >= 0.3 is 5.63 Å². The molecule has 2 heterocycles. The first-order chi connectivity index (χ1) is 12.4. The highest BCUT2D eigenvalue weighted by Gasteiger charge is 2.18. The Morgan fingerprint density at radius 3 is 2.54 bits per heavy atom. The minimum atomic E-state index is -0.661. The van der Waals surface area contributed by atoms with Crippen molar-refractivity contribution in [1.29, 1.82) is 0 Å². The summed E-state index contributed by atoms with van der Waals surface area (Å²) in [5, 5.41) is 10.3. The van der Waals surface area contributed by atoms with Gasteiger partial charge in [0.1, 0.15) is 5.75 Å². The fourth-order valence-corrected chi connectivity index (χ4v) is 3.03. The third-order valence-corrected chi connectivity index (χ3v) is 4.72. The number of rotatable bonds is 3. The molecule has 1 saturated heterocycles. The van der Waals surface area contributed by atoms with Crippen LogP contribution in [0, 0.1) is 6.92 Å². The molecule has 0 bridgehead atoms. The number of hydrogen-bond donors (Lipinski definition) is 1. The van der Waals surface area contributed by atoms with Crippen molar-refractivity contribution in [2.24, 2.45) is 0 Å². The first kappa shape index (κ1) is 17.9. The zero-order valence-electron chi connectivity index (χ0n) is 14.7. The average Bonchev–Trinajstić information content (AvgIpc) is 2.61. The molecule has 0 atom stereocenters. The lowest BCUT2D eigenvalue weighted by molar-refractivity contribution is -0.127. The van der Waals surface area contributed by atoms with Crippen LogP contribution in [0.2, 0.25) is 0 Å². The first-order valence-electron chi connectivity index (χ1n) is 8.32. The van der Waals surface area contributed by atoms with Crippen LogP contribution in [-0.4, -0.2) is 60.3 Å². The lowest BCUT2D eigenvalue weighted by Gasteiger charge is -2.31. The molecule has 26 heavy (non-hydrogen) atoms. The lowest BCUT2D eigenvalue weighted by atomic mass is 10.0. The third kappa shape index (κ3) is 3.25. The summed E-state index contributed by atoms with van der Waals surface area (Å²) in [6, 6.07) is 2.96. The molecule has 7 nitrogen and oxygen atoms in total. The molecule has 0 unspecified atom stereocenters. The van der Waals surface area contributed by atoms with Crippen LogP contribution in [0.15, 0.2) is 27.4 Å². The van der Waals surface area contributed by atoms with Gasteiger partial charge in [0.25, 0.3) is 0 Å². The zero-order valence-corrected chi connectivity index (χ0v) is 14.7. The van der Waals surface area contributed by atoms with Gasteiger partial charge < -0.3 is 19.3 Å². The largest absolute Gasteiger partial charge is 0.507 e. The van der Waals surface area contributed by atoms with E-state index in [-0.39, 0.29) is 28.4 Å². The second-order valence-corrected chi connectivity index (χ2v) is 6.38. The topological polar surface area (TPSA) is 91.1 Å². The molecule has 7 heteroatoms. The van der Waals surface area contributed by atoms with Gasteiger partial charge in [0.2, 0.25) is 5.91 Å². The fraction of sp³-hybridized carbons (Fsp3) is 0.316. The summed E-state index contributed by atoms with van der Waals surface area (Å²) in [6.45, 7) is 4.63. The Labute approximate surface area is 150 Å². The van der Waals surface area contributed by atoms with E-state index in [1.807, 2.05) is 7.05 Å². The molecule has 3 rings (SSSR count). The van der Waals surface area contributed by atoms with Crippen LogP contribution in [0.5, 0.6) is 5.75 Å². The first-order valence-corrected chi connectivity index (χ1v) is 8.32. The molecular weight excluding hydrogens is 336 g/mol. The number of carbonyl (C=O) groups excluding carboxylic acids is 2. The van der Waals surface area contributed by atoms with Gasteiger partial charge in [0.15, 0.2) is 11.9 Å². The van der Waals surface area contributed by atoms with E-state index in [1.165, 1.54) is 18.2 Å². The van der Waals surface area contributed by atoms with Gasteiger partial charge in [-0.1, -0.05) is 0 Å². The summed E-state index contributed by atoms with van der Waals surface area (Å²) >= 11 is 0. The molecule has 136 valence electrons. The van der Waals surface area contributed by atoms with Crippen LogP contribution in [-0.2, 0) is 4.79 Å². The summed E-state index contributed by atoms with van der Waals surface area (Å²) in [6.07, 6.45) is 3.28. The van der Waals surface area contributed by atoms with Crippen molar-refractivity contribution in [3.05, 3.63) is 45.3 Å². The monoisotopic (exact) mass is 356 g/mol. The van der Waals surface area contributed by atoms with Crippen molar-refractivity contribution in [2.75, 3.05) is 33.2 Å². The van der Waals surface area contributed by atoms with Crippen molar-refractivity contribution in [2.45, 2.75) is 6.92 Å². The fourth-order valence-electron chi connectivity index (χ4n) is 3.03. The SMILES string of the molecule is Cc1c(/C=C/C(=O)N2CCN(C)CC2)c(=O)oc2c(C=O)c(O)ccc12. The quantitative estimate of drug-likeness (QED) is 0.508. The summed E-state index contributed by atoms with van der Waals surface area (Å²) < 4.78 is 5.24. The molecule has 1 N–H and O–H groups in total. The maximum absolute atomic E-state index is 12.3. The Kier molecular flexibility index (Phi) is 4.90. The normalized spacial score (nSPS) is 15.7. The number of aryl methyl sites for hydroxylation is 1. The van der Waals surface area contributed by atoms with Gasteiger partial charge in [-0.05, 0) is 37.7 Å². The zero-order chi connectivity index (χ0) is 18.8. The highest BCUT2D eigenvalue weighted by molar-refractivity contribution is 5.99. The molecule has 0 radical (unpaired) electrons. The van der Waals surface area contributed by atoms with Crippen LogP contribution >= 0.6 is 0 Å². The van der Waals surface area contributed by atoms with Crippen molar-refractivity contribution in [3.63, 3.8) is 0 Å². The Balaban J connectivity index is 1.96. The second-order valence-electron chi connectivity index (χ2n) is 6.38. The van der Waals surface area contributed by atoms with Crippen molar-refractivity contribution >= 4 is 29.2 Å². The van der Waals surface area contributed by atoms with E-state index in [4.69, 9.17) is 4.42 Å². The summed E-state index contributed by atoms with van der Waals surface area (Å²) in [5.74, 6) is -0.403. The number of aldehydes is 1. The average molecular weight is 356 g/mol. The van der Waals surface area contributed by atoms with Crippen LogP contribution in [0.4, 0.5) is 0 Å². The molecule has 2 aromatic rings. The van der Waals surface area contributed by atoms with E-state index in [0.717, 1.165) is 13.1 Å². The molecule has 1 aliphatic rings. The number of fused-ring (bicyclic) bond motifs is 1. The van der Waals surface area contributed by atoms with E-state index in [0.29, 0.717) is 30.3 Å². The van der Waals surface area contributed by atoms with E-state index in [2.05, 4.69) is 4.90 Å². The van der Waals surface area contributed by atoms with Gasteiger partial charge in [-0.2, -0.15) is 0 Å². The standard InChI is InChI=1S/C19H20N2O5/c1-12-13-3-5-16(23)15(11-22)18(13)26-19(25)14(12)4-6-17(24)21-9-7-20(2)8-10-21/h3-6,11,23H,7-10H2,1-2H3/b6-4+. The minimum absolute atomic E-state index is 0.0463. The number of hydrogen-bond acceptors (Lipinski definition) is 6. The molecule has 0 aliphatic carbocycles. The number of phenols is 1. The summed E-state index contributed by atoms with van der Waals surface area (Å²) in [7, 11) is 2.01. The van der Waals surface area contributed by atoms with E-state index < -0.39 is 5.63 Å². The van der Waals surface area contributed by atoms with Gasteiger partial charge in [0, 0.05) is 37.6 Å². The van der Waals surface area contributed by atoms with Crippen molar-refractivity contribution in [3.8, 4) is 5.75 Å². The van der Waals surface area contributed by atoms with E-state index >= 15 is 0 Å². The number of nitrogens with zero attached hydrogens (tertiary/aromatic N) is 2. The van der Waals surface area contributed by atoms with Gasteiger partial charge in [0.05, 0.1) is 11.1 Å². The Bertz CT molecular complexity index is 953. The summed E-state index contributed by atoms with van der Waals surface area (Å²) in [4.78, 5) is 39.7. The Morgan fingerprint density at radius 1 is 1.19 bits per heavy atom. The minimum Gasteiger partial charge on any atom is -0.507 e. The van der Waals surface area contributed by atoms with Gasteiger partial charge in [-0.25, -0.2) is 4.79 Å². The number of carbonyl (C=O) groups is 2. The lowest BCUT2D eigenvalue weighted by Crippen LogP contribution is -2.46. The molecule has 1 fully saturated rings. The van der Waals surface area contributed by atoms with Crippen LogP contribution in [0.25, 0.3) is 17.0 Å². The molecule has 1 aliphatic heterocycles. The van der Waals surface area contributed by atoms with E-state index in [9.17, 15) is 19.5 Å². The predicted molar refractivity (Wildman–Crippen MR) is 97.4 cm³/mol. The van der Waals surface area contributed by atoms with E-state index in [1.54, 1.807) is 17.9 Å². The smallest absolute Gasteiger partial charge is 0.343 e. The third-order valence-electron chi connectivity index (χ3n) is 4.72. The van der Waals surface area contributed by atoms with Crippen LogP contribution in [0.3, 0.4) is 0 Å². The number of likely N-dealkylation sites (N-methyl/N-ethyl adjacent to an activating group) is 1. The number of benzene rings is 1. The molecule has 1 aromatic heterocycles. The van der Waals surface area contributed by atoms with Gasteiger partial charge in [-0.3, -0.25) is 9.59 Å². The van der Waals surface area contributed by atoms with Gasteiger partial charge in [-0.15, -0.1) is 0 Å². The predicted octanol–water partition coefficient (Wildman–Crippen LogP) is 1.41. The van der Waals surface area contributed by atoms with Crippen molar-refractivity contribution < 1.29 is 19.1 Å². The summed E-state index contributed by atoms with van der Waals surface area (Å²) in [5.41, 5.74) is 0.159. The Morgan fingerprint density at radius 2 is 1.88 bits per heavy atom. The molecular formula is C19H20N2O5. The highest BCUT2D eigenvalue weighted by Crippen LogP contribution is 2.28. The number of piperazine rings is 1. The molecule has 0 saturated carbocycles. The molecule has 1 amide bonds. The Hall–Kier alpha value is -2.93. The molecule has 0 spiro atoms. The van der Waals surface area contributed by atoms with Crippen molar-refractivity contribution in [1.82, 2.24) is 9.80 Å². The maximum Gasteiger partial charge on any atom is 0.343 e. The number of phenolic OH excluding ortho intramolecular Hbond substituents is 1. The number of amides is 1. The molecule has 1 aromatic carbocycles. The number of aromatic hydroxyl groups is 1. The maximum atomic E-state index is 12.3. The second kappa shape index (κ2) is 7.13. The highest BCUT2D eigenvalue weighted by atomic mass is 16.4. The van der Waals surface area contributed by atoms with Crippen LogP contribution in [0.1, 0.15) is 21.5 Å². The van der Waals surface area contributed by atoms with Crippen LogP contribution < -0.4 is 5.63 Å².